The summed E-state index contributed by atoms with van der Waals surface area (Å²) in [4.78, 5) is 14.7. The van der Waals surface area contributed by atoms with Gasteiger partial charge >= 0.3 is 0 Å². The smallest absolute Gasteiger partial charge is 0.243 e. The van der Waals surface area contributed by atoms with Gasteiger partial charge in [-0.05, 0) is 42.7 Å². The number of nitrogens with zero attached hydrogens (tertiary/aromatic N) is 4. The lowest BCUT2D eigenvalue weighted by Gasteiger charge is -2.33. The van der Waals surface area contributed by atoms with Gasteiger partial charge in [0, 0.05) is 38.4 Å². The Morgan fingerprint density at radius 3 is 2.58 bits per heavy atom. The fourth-order valence-corrected chi connectivity index (χ4v) is 5.65. The number of hydrogen-bond acceptors (Lipinski definition) is 4. The van der Waals surface area contributed by atoms with E-state index in [1.807, 2.05) is 41.2 Å². The Labute approximate surface area is 193 Å². The van der Waals surface area contributed by atoms with Crippen molar-refractivity contribution in [1.82, 2.24) is 19.0 Å². The van der Waals surface area contributed by atoms with Gasteiger partial charge in [0.1, 0.15) is 5.82 Å². The molecule has 0 saturated carbocycles. The molecule has 0 radical (unpaired) electrons. The van der Waals surface area contributed by atoms with Crippen LogP contribution in [0.5, 0.6) is 0 Å². The first kappa shape index (κ1) is 23.1. The number of carbonyl (C=O) groups is 1. The summed E-state index contributed by atoms with van der Waals surface area (Å²) in [5.41, 5.74) is 2.05. The average Bonchev–Trinajstić information content (AvgIpc) is 3.26. The fourth-order valence-electron chi connectivity index (χ4n) is 4.13. The summed E-state index contributed by atoms with van der Waals surface area (Å²) in [6.07, 6.45) is 4.90. The van der Waals surface area contributed by atoms with Crippen molar-refractivity contribution in [2.75, 3.05) is 20.1 Å². The van der Waals surface area contributed by atoms with E-state index in [-0.39, 0.29) is 17.3 Å². The van der Waals surface area contributed by atoms with E-state index in [1.165, 1.54) is 16.4 Å². The first-order valence-corrected chi connectivity index (χ1v) is 12.3. The van der Waals surface area contributed by atoms with Gasteiger partial charge in [0.2, 0.25) is 15.9 Å². The van der Waals surface area contributed by atoms with Crippen LogP contribution >= 0.6 is 0 Å². The molecule has 3 aromatic rings. The Bertz CT molecular complexity index is 1200. The standard InChI is InChI=1S/C24H27FN4O3S/c1-27(15-20-14-26-28(17-20)16-19-6-3-2-4-7-19)24(30)21-8-5-13-29(18-21)33(31,32)23-11-9-22(25)10-12-23/h2-4,6-7,9-12,14,17,21H,5,8,13,15-16,18H2,1H3/t21-/m0/s1. The monoisotopic (exact) mass is 470 g/mol. The summed E-state index contributed by atoms with van der Waals surface area (Å²) >= 11 is 0. The zero-order chi connectivity index (χ0) is 23.4. The van der Waals surface area contributed by atoms with E-state index in [4.69, 9.17) is 0 Å². The van der Waals surface area contributed by atoms with Crippen molar-refractivity contribution in [3.05, 3.63) is 83.9 Å². The first-order valence-electron chi connectivity index (χ1n) is 10.9. The molecule has 0 bridgehead atoms. The number of benzene rings is 2. The van der Waals surface area contributed by atoms with E-state index < -0.39 is 21.8 Å². The minimum Gasteiger partial charge on any atom is -0.341 e. The summed E-state index contributed by atoms with van der Waals surface area (Å²) in [5, 5.41) is 4.38. The van der Waals surface area contributed by atoms with E-state index >= 15 is 0 Å². The fraction of sp³-hybridized carbons (Fsp3) is 0.333. The van der Waals surface area contributed by atoms with Crippen molar-refractivity contribution in [2.45, 2.75) is 30.8 Å². The van der Waals surface area contributed by atoms with Crippen molar-refractivity contribution in [3.63, 3.8) is 0 Å². The maximum absolute atomic E-state index is 13.2. The van der Waals surface area contributed by atoms with Gasteiger partial charge in [0.25, 0.3) is 0 Å². The highest BCUT2D eigenvalue weighted by molar-refractivity contribution is 7.89. The molecule has 174 valence electrons. The highest BCUT2D eigenvalue weighted by atomic mass is 32.2. The second kappa shape index (κ2) is 9.84. The van der Waals surface area contributed by atoms with E-state index in [9.17, 15) is 17.6 Å². The van der Waals surface area contributed by atoms with Crippen LogP contribution in [0.4, 0.5) is 4.39 Å². The molecule has 1 aromatic heterocycles. The molecule has 0 aliphatic carbocycles. The Kier molecular flexibility index (Phi) is 6.90. The van der Waals surface area contributed by atoms with Crippen LogP contribution in [0.2, 0.25) is 0 Å². The number of hydrogen-bond donors (Lipinski definition) is 0. The molecular weight excluding hydrogens is 443 g/mol. The maximum atomic E-state index is 13.2. The Morgan fingerprint density at radius 1 is 1.12 bits per heavy atom. The van der Waals surface area contributed by atoms with Crippen molar-refractivity contribution >= 4 is 15.9 Å². The van der Waals surface area contributed by atoms with Gasteiger partial charge in [0.15, 0.2) is 0 Å². The zero-order valence-corrected chi connectivity index (χ0v) is 19.3. The number of piperidine rings is 1. The third-order valence-electron chi connectivity index (χ3n) is 5.85. The van der Waals surface area contributed by atoms with Crippen molar-refractivity contribution in [3.8, 4) is 0 Å². The number of halogens is 1. The van der Waals surface area contributed by atoms with E-state index in [0.717, 1.165) is 23.3 Å². The van der Waals surface area contributed by atoms with Crippen LogP contribution in [0.15, 0.2) is 71.9 Å². The molecule has 9 heteroatoms. The molecule has 33 heavy (non-hydrogen) atoms. The predicted molar refractivity (Wildman–Crippen MR) is 122 cm³/mol. The largest absolute Gasteiger partial charge is 0.341 e. The molecule has 1 atom stereocenters. The molecule has 7 nitrogen and oxygen atoms in total. The molecule has 2 aromatic carbocycles. The van der Waals surface area contributed by atoms with Crippen molar-refractivity contribution in [2.24, 2.45) is 5.92 Å². The number of aromatic nitrogens is 2. The topological polar surface area (TPSA) is 75.5 Å². The van der Waals surface area contributed by atoms with Crippen LogP contribution in [0.25, 0.3) is 0 Å². The minimum absolute atomic E-state index is 0.0381. The SMILES string of the molecule is CN(Cc1cnn(Cc2ccccc2)c1)C(=O)[C@H]1CCCN(S(=O)(=O)c2ccc(F)cc2)C1. The summed E-state index contributed by atoms with van der Waals surface area (Å²) in [6.45, 7) is 1.52. The van der Waals surface area contributed by atoms with E-state index in [1.54, 1.807) is 18.1 Å². The second-order valence-corrected chi connectivity index (χ2v) is 10.3. The molecule has 0 spiro atoms. The number of carbonyl (C=O) groups excluding carboxylic acids is 1. The minimum atomic E-state index is -3.77. The van der Waals surface area contributed by atoms with Crippen LogP contribution in [-0.4, -0.2) is 53.4 Å². The van der Waals surface area contributed by atoms with Gasteiger partial charge in [-0.1, -0.05) is 30.3 Å². The Morgan fingerprint density at radius 2 is 1.85 bits per heavy atom. The number of rotatable bonds is 7. The Hall–Kier alpha value is -3.04. The van der Waals surface area contributed by atoms with Crippen LogP contribution in [0, 0.1) is 11.7 Å². The summed E-state index contributed by atoms with van der Waals surface area (Å²) in [5.74, 6) is -1.00. The molecule has 1 aliphatic heterocycles. The summed E-state index contributed by atoms with van der Waals surface area (Å²) in [6, 6.07) is 14.8. The molecule has 2 heterocycles. The van der Waals surface area contributed by atoms with Crippen LogP contribution in [0.1, 0.15) is 24.0 Å². The third kappa shape index (κ3) is 5.48. The molecule has 0 N–H and O–H groups in total. The highest BCUT2D eigenvalue weighted by Gasteiger charge is 2.34. The molecule has 0 unspecified atom stereocenters. The normalized spacial score (nSPS) is 17.1. The third-order valence-corrected chi connectivity index (χ3v) is 7.73. The zero-order valence-electron chi connectivity index (χ0n) is 18.5. The van der Waals surface area contributed by atoms with Crippen LogP contribution in [0.3, 0.4) is 0 Å². The van der Waals surface area contributed by atoms with Gasteiger partial charge in [-0.25, -0.2) is 12.8 Å². The lowest BCUT2D eigenvalue weighted by atomic mass is 9.98. The highest BCUT2D eigenvalue weighted by Crippen LogP contribution is 2.25. The maximum Gasteiger partial charge on any atom is 0.243 e. The molecular formula is C24H27FN4O3S. The van der Waals surface area contributed by atoms with Gasteiger partial charge in [-0.2, -0.15) is 9.40 Å². The van der Waals surface area contributed by atoms with Crippen molar-refractivity contribution < 1.29 is 17.6 Å². The van der Waals surface area contributed by atoms with E-state index in [0.29, 0.717) is 32.5 Å². The molecule has 4 rings (SSSR count). The van der Waals surface area contributed by atoms with Gasteiger partial charge in [0.05, 0.1) is 23.6 Å². The van der Waals surface area contributed by atoms with Gasteiger partial charge in [-0.3, -0.25) is 9.48 Å². The quantitative estimate of drug-likeness (QED) is 0.532. The Balaban J connectivity index is 1.38. The lowest BCUT2D eigenvalue weighted by Crippen LogP contribution is -2.45. The second-order valence-electron chi connectivity index (χ2n) is 8.38. The van der Waals surface area contributed by atoms with Gasteiger partial charge in [-0.15, -0.1) is 0 Å². The van der Waals surface area contributed by atoms with E-state index in [2.05, 4.69) is 5.10 Å². The summed E-state index contributed by atoms with van der Waals surface area (Å²) < 4.78 is 42.3. The number of sulfonamides is 1. The lowest BCUT2D eigenvalue weighted by molar-refractivity contribution is -0.135. The summed E-state index contributed by atoms with van der Waals surface area (Å²) in [7, 11) is -2.05. The molecule has 1 saturated heterocycles. The molecule has 1 aliphatic rings. The molecule has 1 fully saturated rings. The molecule has 1 amide bonds. The first-order chi connectivity index (χ1) is 15.8. The van der Waals surface area contributed by atoms with Crippen molar-refractivity contribution in [1.29, 1.82) is 0 Å². The van der Waals surface area contributed by atoms with Gasteiger partial charge < -0.3 is 4.90 Å². The predicted octanol–water partition coefficient (Wildman–Crippen LogP) is 3.13. The number of amides is 1. The van der Waals surface area contributed by atoms with Crippen LogP contribution < -0.4 is 0 Å². The average molecular weight is 471 g/mol. The van der Waals surface area contributed by atoms with Crippen LogP contribution in [-0.2, 0) is 27.9 Å².